The molecule has 0 heterocycles. The van der Waals surface area contributed by atoms with Crippen LogP contribution < -0.4 is 4.74 Å². The van der Waals surface area contributed by atoms with E-state index in [0.717, 1.165) is 12.1 Å². The summed E-state index contributed by atoms with van der Waals surface area (Å²) in [5.41, 5.74) is 0.863. The second kappa shape index (κ2) is 10.1. The summed E-state index contributed by atoms with van der Waals surface area (Å²) in [6.07, 6.45) is -4.54. The Morgan fingerprint density at radius 2 is 1.66 bits per heavy atom. The highest BCUT2D eigenvalue weighted by Gasteiger charge is 2.31. The molecule has 0 bridgehead atoms. The van der Waals surface area contributed by atoms with Gasteiger partial charge in [-0.2, -0.15) is 13.2 Å². The molecule has 0 radical (unpaired) electrons. The number of carbonyl (C=O) groups excluding carboxylic acids is 1. The van der Waals surface area contributed by atoms with Gasteiger partial charge in [-0.3, -0.25) is 0 Å². The van der Waals surface area contributed by atoms with Gasteiger partial charge in [0.2, 0.25) is 0 Å². The van der Waals surface area contributed by atoms with Crippen LogP contribution in [0.5, 0.6) is 5.75 Å². The van der Waals surface area contributed by atoms with Crippen molar-refractivity contribution in [3.8, 4) is 28.0 Å². The van der Waals surface area contributed by atoms with Crippen LogP contribution in [0.15, 0.2) is 60.7 Å². The molecule has 3 aromatic carbocycles. The van der Waals surface area contributed by atoms with Crippen molar-refractivity contribution in [2.45, 2.75) is 13.1 Å². The van der Waals surface area contributed by atoms with Gasteiger partial charge in [-0.15, -0.1) is 0 Å². The van der Waals surface area contributed by atoms with E-state index in [1.54, 1.807) is 37.3 Å². The quantitative estimate of drug-likeness (QED) is 0.420. The van der Waals surface area contributed by atoms with Crippen molar-refractivity contribution < 1.29 is 32.5 Å². The molecule has 0 fully saturated rings. The van der Waals surface area contributed by atoms with Gasteiger partial charge < -0.3 is 14.6 Å². The zero-order valence-corrected chi connectivity index (χ0v) is 17.8. The molecule has 168 valence electrons. The molecule has 0 atom stereocenters. The van der Waals surface area contributed by atoms with Crippen molar-refractivity contribution in [2.24, 2.45) is 0 Å². The van der Waals surface area contributed by atoms with E-state index >= 15 is 0 Å². The van der Waals surface area contributed by atoms with Crippen molar-refractivity contribution in [1.82, 2.24) is 0 Å². The summed E-state index contributed by atoms with van der Waals surface area (Å²) in [5.74, 6) is -0.390. The molecule has 3 aromatic rings. The smallest absolute Gasteiger partial charge is 0.416 e. The van der Waals surface area contributed by atoms with Gasteiger partial charge >= 0.3 is 12.1 Å². The Morgan fingerprint density at radius 1 is 1.00 bits per heavy atom. The van der Waals surface area contributed by atoms with E-state index < -0.39 is 17.7 Å². The fourth-order valence-electron chi connectivity index (χ4n) is 3.19. The summed E-state index contributed by atoms with van der Waals surface area (Å²) >= 11 is 5.99. The highest BCUT2D eigenvalue weighted by molar-refractivity contribution is 6.30. The normalized spacial score (nSPS) is 11.3. The minimum absolute atomic E-state index is 0.0920. The van der Waals surface area contributed by atoms with Crippen LogP contribution in [0.4, 0.5) is 13.2 Å². The van der Waals surface area contributed by atoms with Crippen molar-refractivity contribution >= 4 is 17.6 Å². The number of ether oxygens (including phenoxy) is 2. The molecule has 0 amide bonds. The van der Waals surface area contributed by atoms with E-state index in [0.29, 0.717) is 16.1 Å². The van der Waals surface area contributed by atoms with Gasteiger partial charge in [-0.1, -0.05) is 35.9 Å². The van der Waals surface area contributed by atoms with Gasteiger partial charge in [0.25, 0.3) is 0 Å². The number of benzene rings is 3. The Kier molecular flexibility index (Phi) is 7.43. The summed E-state index contributed by atoms with van der Waals surface area (Å²) < 4.78 is 50.8. The topological polar surface area (TPSA) is 55.8 Å². The maximum Gasteiger partial charge on any atom is 0.416 e. The van der Waals surface area contributed by atoms with Crippen LogP contribution in [0.1, 0.15) is 22.8 Å². The summed E-state index contributed by atoms with van der Waals surface area (Å²) in [7, 11) is 0. The molecule has 0 aliphatic rings. The van der Waals surface area contributed by atoms with Crippen LogP contribution in [0, 0.1) is 0 Å². The van der Waals surface area contributed by atoms with Crippen molar-refractivity contribution in [2.75, 3.05) is 19.8 Å². The summed E-state index contributed by atoms with van der Waals surface area (Å²) in [6.45, 7) is 1.40. The fraction of sp³-hybridized carbons (Fsp3) is 0.208. The minimum atomic E-state index is -4.54. The van der Waals surface area contributed by atoms with E-state index in [4.69, 9.17) is 21.1 Å². The largest absolute Gasteiger partial charge is 0.490 e. The number of esters is 1. The van der Waals surface area contributed by atoms with Gasteiger partial charge in [-0.25, -0.2) is 4.79 Å². The standard InChI is InChI=1S/C24H20ClF3O4/c1-2-31-23(30)17-13-20(15-6-8-19(25)9-7-15)22(32-11-10-29)21(14-17)16-4-3-5-18(12-16)24(26,27)28/h3-9,12-14,29H,2,10-11H2,1H3. The Hall–Kier alpha value is -3.03. The Morgan fingerprint density at radius 3 is 2.25 bits per heavy atom. The lowest BCUT2D eigenvalue weighted by Crippen LogP contribution is -2.09. The second-order valence-corrected chi connectivity index (χ2v) is 7.21. The monoisotopic (exact) mass is 464 g/mol. The second-order valence-electron chi connectivity index (χ2n) is 6.78. The predicted octanol–water partition coefficient (Wildman–Crippen LogP) is 6.24. The number of alkyl halides is 3. The Bertz CT molecular complexity index is 1100. The predicted molar refractivity (Wildman–Crippen MR) is 116 cm³/mol. The number of hydrogen-bond donors (Lipinski definition) is 1. The molecule has 8 heteroatoms. The van der Waals surface area contributed by atoms with Crippen LogP contribution in [0.25, 0.3) is 22.3 Å². The number of aliphatic hydroxyl groups excluding tert-OH is 1. The van der Waals surface area contributed by atoms with E-state index in [1.165, 1.54) is 18.2 Å². The highest BCUT2D eigenvalue weighted by atomic mass is 35.5. The number of aliphatic hydroxyl groups is 1. The number of rotatable bonds is 7. The van der Waals surface area contributed by atoms with Crippen molar-refractivity contribution in [1.29, 1.82) is 0 Å². The van der Waals surface area contributed by atoms with Crippen LogP contribution in [-0.4, -0.2) is 30.9 Å². The average Bonchev–Trinajstić information content (AvgIpc) is 2.77. The van der Waals surface area contributed by atoms with Gasteiger partial charge in [0.15, 0.2) is 0 Å². The first-order valence-electron chi connectivity index (χ1n) is 9.77. The number of halogens is 4. The minimum Gasteiger partial charge on any atom is -0.490 e. The number of carbonyl (C=O) groups is 1. The van der Waals surface area contributed by atoms with Crippen LogP contribution >= 0.6 is 11.6 Å². The Labute approximate surface area is 188 Å². The van der Waals surface area contributed by atoms with Gasteiger partial charge in [-0.05, 0) is 54.4 Å². The third kappa shape index (κ3) is 5.41. The first-order valence-corrected chi connectivity index (χ1v) is 10.1. The molecule has 0 saturated carbocycles. The molecule has 3 rings (SSSR count). The maximum atomic E-state index is 13.3. The molecule has 4 nitrogen and oxygen atoms in total. The molecule has 1 N–H and O–H groups in total. The lowest BCUT2D eigenvalue weighted by molar-refractivity contribution is -0.137. The van der Waals surface area contributed by atoms with E-state index in [-0.39, 0.29) is 42.3 Å². The van der Waals surface area contributed by atoms with Crippen molar-refractivity contribution in [3.05, 3.63) is 76.8 Å². The summed E-state index contributed by atoms with van der Waals surface area (Å²) in [5, 5.41) is 9.78. The third-order valence-electron chi connectivity index (χ3n) is 4.59. The summed E-state index contributed by atoms with van der Waals surface area (Å²) in [4.78, 5) is 12.5. The van der Waals surface area contributed by atoms with Crippen LogP contribution in [0.2, 0.25) is 5.02 Å². The average molecular weight is 465 g/mol. The third-order valence-corrected chi connectivity index (χ3v) is 4.85. The first-order chi connectivity index (χ1) is 15.2. The summed E-state index contributed by atoms with van der Waals surface area (Å²) in [6, 6.07) is 14.4. The molecule has 0 aliphatic heterocycles. The zero-order chi connectivity index (χ0) is 23.3. The Balaban J connectivity index is 2.30. The lowest BCUT2D eigenvalue weighted by atomic mass is 9.93. The van der Waals surface area contributed by atoms with Crippen LogP contribution in [0.3, 0.4) is 0 Å². The van der Waals surface area contributed by atoms with E-state index in [2.05, 4.69) is 0 Å². The van der Waals surface area contributed by atoms with Crippen LogP contribution in [-0.2, 0) is 10.9 Å². The molecule has 0 saturated heterocycles. The van der Waals surface area contributed by atoms with E-state index in [1.807, 2.05) is 0 Å². The molecule has 0 spiro atoms. The molecular formula is C24H20ClF3O4. The molecule has 0 aromatic heterocycles. The molecule has 0 unspecified atom stereocenters. The van der Waals surface area contributed by atoms with Gasteiger partial charge in [0, 0.05) is 16.1 Å². The maximum absolute atomic E-state index is 13.3. The molecular weight excluding hydrogens is 445 g/mol. The van der Waals surface area contributed by atoms with E-state index in [9.17, 15) is 23.1 Å². The molecule has 32 heavy (non-hydrogen) atoms. The van der Waals surface area contributed by atoms with Gasteiger partial charge in [0.1, 0.15) is 12.4 Å². The van der Waals surface area contributed by atoms with Crippen molar-refractivity contribution in [3.63, 3.8) is 0 Å². The fourth-order valence-corrected chi connectivity index (χ4v) is 3.31. The first kappa shape index (κ1) is 23.6. The zero-order valence-electron chi connectivity index (χ0n) is 17.1. The molecule has 0 aliphatic carbocycles. The van der Waals surface area contributed by atoms with Gasteiger partial charge in [0.05, 0.1) is 24.3 Å². The number of hydrogen-bond acceptors (Lipinski definition) is 4. The lowest BCUT2D eigenvalue weighted by Gasteiger charge is -2.19. The SMILES string of the molecule is CCOC(=O)c1cc(-c2ccc(Cl)cc2)c(OCCO)c(-c2cccc(C(F)(F)F)c2)c1. The highest BCUT2D eigenvalue weighted by Crippen LogP contribution is 2.42.